The van der Waals surface area contributed by atoms with Crippen LogP contribution in [0.15, 0.2) is 24.3 Å². The average Bonchev–Trinajstić information content (AvgIpc) is 3.66. The Morgan fingerprint density at radius 3 is 1.64 bits per heavy atom. The zero-order chi connectivity index (χ0) is 34.6. The molecule has 1 unspecified atom stereocenters. The molecule has 4 aromatic rings. The molecule has 0 spiro atoms. The maximum atomic E-state index is 15.6. The Bertz CT molecular complexity index is 1830. The van der Waals surface area contributed by atoms with Crippen molar-refractivity contribution in [3.05, 3.63) is 45.7 Å². The predicted molar refractivity (Wildman–Crippen MR) is 173 cm³/mol. The zero-order valence-electron chi connectivity index (χ0n) is 26.3. The molecule has 2 N–H and O–H groups in total. The Morgan fingerprint density at radius 2 is 1.19 bits per heavy atom. The summed E-state index contributed by atoms with van der Waals surface area (Å²) in [4.78, 5) is 47.9. The van der Waals surface area contributed by atoms with Crippen molar-refractivity contribution in [2.45, 2.75) is 52.6 Å². The quantitative estimate of drug-likeness (QED) is 0.0837. The van der Waals surface area contributed by atoms with Crippen LogP contribution in [0.1, 0.15) is 65.8 Å². The van der Waals surface area contributed by atoms with Gasteiger partial charge in [0.15, 0.2) is 46.2 Å². The molecule has 0 saturated carbocycles. The Labute approximate surface area is 276 Å². The van der Waals surface area contributed by atoms with E-state index in [1.807, 2.05) is 0 Å². The molecule has 2 heterocycles. The lowest BCUT2D eigenvalue weighted by Crippen LogP contribution is -2.15. The third-order valence-corrected chi connectivity index (χ3v) is 9.75. The first-order valence-electron chi connectivity index (χ1n) is 14.7. The summed E-state index contributed by atoms with van der Waals surface area (Å²) >= 11 is 2.09. The lowest BCUT2D eigenvalue weighted by molar-refractivity contribution is -0.141. The van der Waals surface area contributed by atoms with Gasteiger partial charge in [-0.1, -0.05) is 13.8 Å². The molecule has 14 heteroatoms. The van der Waals surface area contributed by atoms with Crippen molar-refractivity contribution in [3.8, 4) is 23.0 Å². The monoisotopic (exact) mass is 692 g/mol. The number of hydrogen-bond acceptors (Lipinski definition) is 10. The normalized spacial score (nSPS) is 13.3. The topological polar surface area (TPSA) is 146 Å². The van der Waals surface area contributed by atoms with Gasteiger partial charge in [-0.15, -0.1) is 22.7 Å². The van der Waals surface area contributed by atoms with E-state index < -0.39 is 53.1 Å². The van der Waals surface area contributed by atoms with Crippen LogP contribution in [0.4, 0.5) is 8.78 Å². The van der Waals surface area contributed by atoms with Gasteiger partial charge in [0.2, 0.25) is 0 Å². The van der Waals surface area contributed by atoms with Crippen LogP contribution < -0.4 is 18.9 Å². The lowest BCUT2D eigenvalue weighted by Gasteiger charge is -2.18. The van der Waals surface area contributed by atoms with E-state index in [0.717, 1.165) is 22.7 Å². The van der Waals surface area contributed by atoms with E-state index in [2.05, 4.69) is 0 Å². The Hall–Kier alpha value is -4.30. The van der Waals surface area contributed by atoms with Crippen molar-refractivity contribution in [2.24, 2.45) is 11.8 Å². The second-order valence-corrected chi connectivity index (χ2v) is 13.3. The zero-order valence-corrected chi connectivity index (χ0v) is 27.9. The molecule has 0 bridgehead atoms. The van der Waals surface area contributed by atoms with Crippen LogP contribution in [0.25, 0.3) is 20.2 Å². The van der Waals surface area contributed by atoms with E-state index in [1.165, 1.54) is 40.2 Å². The van der Waals surface area contributed by atoms with Gasteiger partial charge in [-0.05, 0) is 31.9 Å². The highest BCUT2D eigenvalue weighted by atomic mass is 32.1. The van der Waals surface area contributed by atoms with Crippen molar-refractivity contribution in [3.63, 3.8) is 0 Å². The summed E-state index contributed by atoms with van der Waals surface area (Å²) in [5.74, 6) is -6.19. The highest BCUT2D eigenvalue weighted by molar-refractivity contribution is 7.21. The molecular formula is C33H34F2O10S2. The third kappa shape index (κ3) is 7.99. The van der Waals surface area contributed by atoms with Crippen LogP contribution in [0.5, 0.6) is 23.0 Å². The maximum Gasteiger partial charge on any atom is 0.306 e. The summed E-state index contributed by atoms with van der Waals surface area (Å²) in [6.45, 7) is 4.64. The van der Waals surface area contributed by atoms with Crippen molar-refractivity contribution in [1.82, 2.24) is 0 Å². The number of thiophene rings is 2. The van der Waals surface area contributed by atoms with E-state index in [4.69, 9.17) is 29.2 Å². The summed E-state index contributed by atoms with van der Waals surface area (Å²) in [6, 6.07) is 5.89. The third-order valence-electron chi connectivity index (χ3n) is 7.50. The van der Waals surface area contributed by atoms with Crippen molar-refractivity contribution in [1.29, 1.82) is 0 Å². The van der Waals surface area contributed by atoms with Gasteiger partial charge >= 0.3 is 11.9 Å². The van der Waals surface area contributed by atoms with Crippen LogP contribution in [0.3, 0.4) is 0 Å². The van der Waals surface area contributed by atoms with E-state index >= 15 is 8.78 Å². The fraction of sp³-hybridized carbons (Fsp3) is 0.394. The molecule has 252 valence electrons. The number of rotatable bonds is 17. The first-order chi connectivity index (χ1) is 22.2. The molecule has 0 aliphatic carbocycles. The van der Waals surface area contributed by atoms with Crippen molar-refractivity contribution < 1.29 is 57.1 Å². The smallest absolute Gasteiger partial charge is 0.306 e. The lowest BCUT2D eigenvalue weighted by atomic mass is 10.0. The van der Waals surface area contributed by atoms with E-state index in [-0.39, 0.29) is 63.0 Å². The second kappa shape index (κ2) is 15.1. The number of Topliss-reactive ketones (excluding diaryl/α,β-unsaturated/α-hetero) is 2. The number of ketones is 2. The minimum absolute atomic E-state index is 0.0575. The number of hydrogen-bond donors (Lipinski definition) is 2. The molecule has 0 radical (unpaired) electrons. The summed E-state index contributed by atoms with van der Waals surface area (Å²) in [6.07, 6.45) is -0.187. The molecule has 0 fully saturated rings. The first kappa shape index (κ1) is 35.6. The number of halogens is 2. The van der Waals surface area contributed by atoms with Gasteiger partial charge in [-0.3, -0.25) is 19.2 Å². The van der Waals surface area contributed by atoms with Crippen LogP contribution in [0.2, 0.25) is 0 Å². The van der Waals surface area contributed by atoms with Gasteiger partial charge < -0.3 is 29.2 Å². The Balaban J connectivity index is 1.42. The molecule has 4 rings (SSSR count). The van der Waals surface area contributed by atoms with Gasteiger partial charge in [0.05, 0.1) is 48.5 Å². The predicted octanol–water partition coefficient (Wildman–Crippen LogP) is 7.62. The highest BCUT2D eigenvalue weighted by Gasteiger charge is 2.25. The largest absolute Gasteiger partial charge is 0.493 e. The number of carbonyl (C=O) groups is 4. The maximum absolute atomic E-state index is 15.6. The molecule has 47 heavy (non-hydrogen) atoms. The second-order valence-electron chi connectivity index (χ2n) is 11.1. The summed E-state index contributed by atoms with van der Waals surface area (Å²) in [7, 11) is 2.72. The molecule has 0 aliphatic rings. The van der Waals surface area contributed by atoms with Crippen LogP contribution in [0, 0.1) is 23.5 Å². The van der Waals surface area contributed by atoms with Crippen LogP contribution >= 0.6 is 22.7 Å². The number of carboxylic acid groups (broad SMARTS) is 2. The fourth-order valence-electron chi connectivity index (χ4n) is 4.76. The Morgan fingerprint density at radius 1 is 0.745 bits per heavy atom. The highest BCUT2D eigenvalue weighted by Crippen LogP contribution is 2.42. The van der Waals surface area contributed by atoms with E-state index in [9.17, 15) is 19.2 Å². The number of carbonyl (C=O) groups excluding carboxylic acids is 2. The van der Waals surface area contributed by atoms with Gasteiger partial charge in [0, 0.05) is 45.1 Å². The number of methoxy groups -OCH3 is 2. The summed E-state index contributed by atoms with van der Waals surface area (Å²) < 4.78 is 54.4. The number of benzene rings is 2. The van der Waals surface area contributed by atoms with E-state index in [1.54, 1.807) is 19.1 Å². The summed E-state index contributed by atoms with van der Waals surface area (Å²) in [5, 5.41) is 18.5. The molecular weight excluding hydrogens is 658 g/mol. The standard InChI is InChI=1S/C33H34F2O10S2/c1-15(32(38)39)9-20(36)26-11-18-24(46-26)13-22(42-4)30(28(18)34)44-8-6-7-17(3)45-31-23(43-5)14-25-19(29(31)35)12-27(47-25)21(37)10-16(2)33(40)41/h11-17H,6-10H2,1-5H3,(H,38,39)(H,40,41)/t15-,16-,17?/m0/s1. The van der Waals surface area contributed by atoms with Crippen molar-refractivity contribution in [2.75, 3.05) is 20.8 Å². The van der Waals surface area contributed by atoms with Crippen LogP contribution in [-0.4, -0.2) is 60.6 Å². The molecule has 10 nitrogen and oxygen atoms in total. The molecule has 3 atom stereocenters. The first-order valence-corrected chi connectivity index (χ1v) is 16.3. The minimum atomic E-state index is -1.09. The van der Waals surface area contributed by atoms with Gasteiger partial charge in [0.1, 0.15) is 0 Å². The Kier molecular flexibility index (Phi) is 11.4. The number of aliphatic carboxylic acids is 2. The molecule has 0 saturated heterocycles. The fourth-order valence-corrected chi connectivity index (χ4v) is 6.83. The average molecular weight is 693 g/mol. The van der Waals surface area contributed by atoms with Crippen molar-refractivity contribution >= 4 is 66.4 Å². The molecule has 0 amide bonds. The molecule has 2 aromatic carbocycles. The molecule has 2 aromatic heterocycles. The number of carboxylic acids is 2. The van der Waals surface area contributed by atoms with Crippen LogP contribution in [-0.2, 0) is 9.59 Å². The number of fused-ring (bicyclic) bond motifs is 2. The minimum Gasteiger partial charge on any atom is -0.493 e. The number of ether oxygens (including phenoxy) is 4. The summed E-state index contributed by atoms with van der Waals surface area (Å²) in [5.41, 5.74) is 0. The SMILES string of the molecule is COc1cc2sc(C(=O)C[C@H](C)C(=O)O)cc2c(F)c1OCCCC(C)Oc1c(OC)cc2sc(C(=O)C[C@H](C)C(=O)O)cc2c1F. The van der Waals surface area contributed by atoms with Gasteiger partial charge in [-0.2, -0.15) is 0 Å². The van der Waals surface area contributed by atoms with E-state index in [0.29, 0.717) is 22.2 Å². The molecule has 0 aliphatic heterocycles. The van der Waals surface area contributed by atoms with Gasteiger partial charge in [0.25, 0.3) is 0 Å². The van der Waals surface area contributed by atoms with Gasteiger partial charge in [-0.25, -0.2) is 8.78 Å².